The average molecular weight is 548 g/mol. The molecule has 2 rings (SSSR count). The molecule has 0 aromatic carbocycles. The van der Waals surface area contributed by atoms with Crippen LogP contribution in [0.3, 0.4) is 0 Å². The smallest absolute Gasteiger partial charge is 0.357 e. The first-order valence-corrected chi connectivity index (χ1v) is 10.1. The van der Waals surface area contributed by atoms with Crippen molar-refractivity contribution in [3.8, 4) is 0 Å². The van der Waals surface area contributed by atoms with E-state index in [9.17, 15) is 18.0 Å². The van der Waals surface area contributed by atoms with Crippen molar-refractivity contribution in [2.45, 2.75) is 38.5 Å². The number of nitrogens with one attached hydrogen (secondary N) is 2. The van der Waals surface area contributed by atoms with Gasteiger partial charge < -0.3 is 15.5 Å². The number of nitrogens with zero attached hydrogens (tertiary/aromatic N) is 4. The second kappa shape index (κ2) is 11.9. The summed E-state index contributed by atoms with van der Waals surface area (Å²) in [5.74, 6) is 0.650. The van der Waals surface area contributed by atoms with Crippen LogP contribution in [0.1, 0.15) is 30.5 Å². The number of aromatic nitrogens is 1. The predicted molar refractivity (Wildman–Crippen MR) is 119 cm³/mol. The van der Waals surface area contributed by atoms with Crippen LogP contribution in [0.4, 0.5) is 13.2 Å². The van der Waals surface area contributed by atoms with Crippen LogP contribution in [0.2, 0.25) is 0 Å². The highest BCUT2D eigenvalue weighted by Gasteiger charge is 2.33. The number of hydrogen-bond donors (Lipinski definition) is 2. The van der Waals surface area contributed by atoms with Gasteiger partial charge in [-0.05, 0) is 19.8 Å². The fraction of sp³-hybridized carbons (Fsp3) is 0.706. The van der Waals surface area contributed by atoms with Gasteiger partial charge in [-0.25, -0.2) is 9.98 Å². The lowest BCUT2D eigenvalue weighted by atomic mass is 10.1. The van der Waals surface area contributed by atoms with Crippen molar-refractivity contribution in [1.82, 2.24) is 25.4 Å². The van der Waals surface area contributed by atoms with Gasteiger partial charge in [0.15, 0.2) is 11.7 Å². The number of likely N-dealkylation sites (tertiary alicyclic amines) is 1. The highest BCUT2D eigenvalue weighted by Crippen LogP contribution is 2.30. The van der Waals surface area contributed by atoms with Gasteiger partial charge in [0.05, 0.1) is 13.1 Å². The van der Waals surface area contributed by atoms with E-state index in [1.54, 1.807) is 19.0 Å². The van der Waals surface area contributed by atoms with E-state index in [1.165, 1.54) is 0 Å². The summed E-state index contributed by atoms with van der Waals surface area (Å²) < 4.78 is 37.9. The predicted octanol–water partition coefficient (Wildman–Crippen LogP) is 2.39. The average Bonchev–Trinajstić information content (AvgIpc) is 3.11. The first-order valence-electron chi connectivity index (χ1n) is 9.18. The molecule has 0 radical (unpaired) electrons. The Labute approximate surface area is 190 Å². The molecule has 1 fully saturated rings. The normalized spacial score (nSPS) is 16.3. The standard InChI is InChI=1S/C17H27F3N6OS.HI/c1-4-21-16(22-9-14-24-13(11-28-14)17(18,19)20)23-12-5-7-26(8-6-12)10-15(27)25(2)3;/h11-12H,4-10H2,1-3H3,(H2,21,22,23);1H. The molecule has 7 nitrogen and oxygen atoms in total. The van der Waals surface area contributed by atoms with Crippen molar-refractivity contribution in [2.75, 3.05) is 40.3 Å². The molecule has 1 aliphatic rings. The van der Waals surface area contributed by atoms with Crippen LogP contribution in [0.15, 0.2) is 10.4 Å². The summed E-state index contributed by atoms with van der Waals surface area (Å²) in [4.78, 5) is 23.5. The number of likely N-dealkylation sites (N-methyl/N-ethyl adjacent to an activating group) is 1. The molecular weight excluding hydrogens is 520 g/mol. The van der Waals surface area contributed by atoms with Crippen molar-refractivity contribution >= 4 is 47.2 Å². The number of alkyl halides is 3. The largest absolute Gasteiger partial charge is 0.434 e. The van der Waals surface area contributed by atoms with Crippen molar-refractivity contribution < 1.29 is 18.0 Å². The Hall–Kier alpha value is -1.15. The number of piperidine rings is 1. The van der Waals surface area contributed by atoms with E-state index in [0.717, 1.165) is 42.6 Å². The summed E-state index contributed by atoms with van der Waals surface area (Å²) in [7, 11) is 3.49. The number of amides is 1. The highest BCUT2D eigenvalue weighted by atomic mass is 127. The molecule has 1 aromatic rings. The maximum absolute atomic E-state index is 12.6. The second-order valence-corrected chi connectivity index (χ2v) is 7.74. The maximum atomic E-state index is 12.6. The van der Waals surface area contributed by atoms with E-state index in [4.69, 9.17) is 0 Å². The molecule has 29 heavy (non-hydrogen) atoms. The van der Waals surface area contributed by atoms with Gasteiger partial charge in [0, 0.05) is 45.2 Å². The zero-order chi connectivity index (χ0) is 20.7. The Morgan fingerprint density at radius 1 is 1.38 bits per heavy atom. The van der Waals surface area contributed by atoms with Gasteiger partial charge in [-0.3, -0.25) is 9.69 Å². The van der Waals surface area contributed by atoms with E-state index in [0.29, 0.717) is 24.1 Å². The van der Waals surface area contributed by atoms with Crippen LogP contribution in [-0.4, -0.2) is 73.0 Å². The fourth-order valence-electron chi connectivity index (χ4n) is 2.74. The molecule has 2 heterocycles. The van der Waals surface area contributed by atoms with Gasteiger partial charge in [0.2, 0.25) is 5.91 Å². The third-order valence-electron chi connectivity index (χ3n) is 4.34. The molecule has 0 spiro atoms. The molecule has 0 saturated carbocycles. The monoisotopic (exact) mass is 548 g/mol. The van der Waals surface area contributed by atoms with Gasteiger partial charge >= 0.3 is 6.18 Å². The lowest BCUT2D eigenvalue weighted by Gasteiger charge is -2.33. The number of aliphatic imine (C=N–C) groups is 1. The van der Waals surface area contributed by atoms with Crippen LogP contribution >= 0.6 is 35.3 Å². The molecule has 0 unspecified atom stereocenters. The molecule has 1 aromatic heterocycles. The second-order valence-electron chi connectivity index (χ2n) is 6.80. The molecule has 1 saturated heterocycles. The fourth-order valence-corrected chi connectivity index (χ4v) is 3.47. The summed E-state index contributed by atoms with van der Waals surface area (Å²) in [5.41, 5.74) is -0.875. The van der Waals surface area contributed by atoms with Crippen LogP contribution in [-0.2, 0) is 17.5 Å². The minimum absolute atomic E-state index is 0. The third kappa shape index (κ3) is 8.62. The third-order valence-corrected chi connectivity index (χ3v) is 5.18. The van der Waals surface area contributed by atoms with Crippen molar-refractivity contribution in [3.63, 3.8) is 0 Å². The summed E-state index contributed by atoms with van der Waals surface area (Å²) in [5, 5.41) is 7.78. The zero-order valence-corrected chi connectivity index (χ0v) is 19.9. The van der Waals surface area contributed by atoms with E-state index in [-0.39, 0.29) is 42.5 Å². The summed E-state index contributed by atoms with van der Waals surface area (Å²) in [6, 6.07) is 0.200. The first-order chi connectivity index (χ1) is 13.2. The molecule has 1 aliphatic heterocycles. The van der Waals surface area contributed by atoms with Gasteiger partial charge in [-0.1, -0.05) is 0 Å². The van der Waals surface area contributed by atoms with E-state index in [1.807, 2.05) is 6.92 Å². The van der Waals surface area contributed by atoms with Crippen LogP contribution in [0.5, 0.6) is 0 Å². The lowest BCUT2D eigenvalue weighted by molar-refractivity contribution is -0.140. The molecule has 2 N–H and O–H groups in total. The zero-order valence-electron chi connectivity index (χ0n) is 16.8. The maximum Gasteiger partial charge on any atom is 0.434 e. The number of carbonyl (C=O) groups is 1. The van der Waals surface area contributed by atoms with Crippen LogP contribution < -0.4 is 10.6 Å². The Morgan fingerprint density at radius 3 is 2.55 bits per heavy atom. The Balaban J connectivity index is 0.00000420. The Morgan fingerprint density at radius 2 is 2.03 bits per heavy atom. The lowest BCUT2D eigenvalue weighted by Crippen LogP contribution is -2.50. The van der Waals surface area contributed by atoms with Gasteiger partial charge in [-0.15, -0.1) is 35.3 Å². The van der Waals surface area contributed by atoms with Crippen molar-refractivity contribution in [3.05, 3.63) is 16.1 Å². The van der Waals surface area contributed by atoms with E-state index < -0.39 is 11.9 Å². The summed E-state index contributed by atoms with van der Waals surface area (Å²) >= 11 is 0.954. The molecule has 0 bridgehead atoms. The SMILES string of the molecule is CCNC(=NCc1nc(C(F)(F)F)cs1)NC1CCN(CC(=O)N(C)C)CC1.I. The van der Waals surface area contributed by atoms with Crippen molar-refractivity contribution in [1.29, 1.82) is 0 Å². The van der Waals surface area contributed by atoms with Gasteiger partial charge in [-0.2, -0.15) is 13.2 Å². The van der Waals surface area contributed by atoms with Crippen LogP contribution in [0, 0.1) is 0 Å². The minimum Gasteiger partial charge on any atom is -0.357 e. The number of hydrogen-bond acceptors (Lipinski definition) is 5. The Kier molecular flexibility index (Phi) is 10.6. The van der Waals surface area contributed by atoms with E-state index in [2.05, 4.69) is 25.5 Å². The Bertz CT molecular complexity index is 674. The molecule has 0 aliphatic carbocycles. The number of rotatable bonds is 6. The molecule has 1 amide bonds. The summed E-state index contributed by atoms with van der Waals surface area (Å²) in [6.07, 6.45) is -2.70. The topological polar surface area (TPSA) is 72.9 Å². The molecular formula is C17H28F3IN6OS. The van der Waals surface area contributed by atoms with E-state index >= 15 is 0 Å². The number of halogens is 4. The molecule has 0 atom stereocenters. The number of thiazole rings is 1. The molecule has 12 heteroatoms. The summed E-state index contributed by atoms with van der Waals surface area (Å²) in [6.45, 7) is 4.69. The number of carbonyl (C=O) groups excluding carboxylic acids is 1. The van der Waals surface area contributed by atoms with Crippen molar-refractivity contribution in [2.24, 2.45) is 4.99 Å². The van der Waals surface area contributed by atoms with Crippen LogP contribution in [0.25, 0.3) is 0 Å². The van der Waals surface area contributed by atoms with Gasteiger partial charge in [0.25, 0.3) is 0 Å². The highest BCUT2D eigenvalue weighted by molar-refractivity contribution is 14.0. The minimum atomic E-state index is -4.43. The number of guanidine groups is 1. The first kappa shape index (κ1) is 25.9. The van der Waals surface area contributed by atoms with Gasteiger partial charge in [0.1, 0.15) is 5.01 Å². The molecule has 166 valence electrons. The quantitative estimate of drug-likeness (QED) is 0.325.